The molecule has 0 radical (unpaired) electrons. The van der Waals surface area contributed by atoms with Gasteiger partial charge in [0.05, 0.1) is 40.3 Å². The van der Waals surface area contributed by atoms with Gasteiger partial charge in [0.1, 0.15) is 12.6 Å². The van der Waals surface area contributed by atoms with Gasteiger partial charge in [-0.15, -0.1) is 0 Å². The first-order chi connectivity index (χ1) is 24.6. The van der Waals surface area contributed by atoms with E-state index in [4.69, 9.17) is 14.2 Å². The van der Waals surface area contributed by atoms with Crippen LogP contribution in [-0.2, 0) is 28.6 Å². The molecule has 0 rings (SSSR count). The van der Waals surface area contributed by atoms with Crippen LogP contribution in [0.2, 0.25) is 0 Å². The van der Waals surface area contributed by atoms with Crippen molar-refractivity contribution in [2.45, 2.75) is 193 Å². The molecule has 0 aromatic heterocycles. The van der Waals surface area contributed by atoms with E-state index in [2.05, 4.69) is 38.2 Å². The number of rotatable bonds is 37. The van der Waals surface area contributed by atoms with Crippen molar-refractivity contribution in [3.63, 3.8) is 0 Å². The smallest absolute Gasteiger partial charge is 0.306 e. The van der Waals surface area contributed by atoms with Crippen LogP contribution in [0.3, 0.4) is 0 Å². The molecule has 0 saturated carbocycles. The lowest BCUT2D eigenvalue weighted by Crippen LogP contribution is -2.55. The van der Waals surface area contributed by atoms with Crippen LogP contribution in [0.1, 0.15) is 181 Å². The summed E-state index contributed by atoms with van der Waals surface area (Å²) in [7, 11) is 5.40. The molecule has 0 heterocycles. The number of nitrogens with zero attached hydrogens (tertiary/aromatic N) is 1. The molecule has 0 aromatic carbocycles. The zero-order valence-corrected chi connectivity index (χ0v) is 33.8. The Morgan fingerprint density at radius 3 is 1.47 bits per heavy atom. The van der Waals surface area contributed by atoms with Gasteiger partial charge >= 0.3 is 11.9 Å². The van der Waals surface area contributed by atoms with Gasteiger partial charge < -0.3 is 28.6 Å². The SMILES string of the molecule is CCCC/C=C/CCCCCCC(=O)OCC(COCCC(C(=O)[O-])[N+](C)(C)C)OC(=O)CCCCCCCCC/C=C/CCCCCCCC. The predicted octanol–water partition coefficient (Wildman–Crippen LogP) is 9.58. The number of aliphatic carboxylic acids is 1. The van der Waals surface area contributed by atoms with Gasteiger partial charge in [-0.25, -0.2) is 0 Å². The zero-order chi connectivity index (χ0) is 37.8. The van der Waals surface area contributed by atoms with E-state index in [0.717, 1.165) is 57.8 Å². The second kappa shape index (κ2) is 34.9. The Morgan fingerprint density at radius 2 is 1.00 bits per heavy atom. The molecule has 0 N–H and O–H groups in total. The number of quaternary nitrogens is 1. The Balaban J connectivity index is 4.35. The van der Waals surface area contributed by atoms with Crippen LogP contribution in [0, 0.1) is 0 Å². The number of unbranched alkanes of at least 4 members (excludes halogenated alkanes) is 19. The summed E-state index contributed by atoms with van der Waals surface area (Å²) in [6.45, 7) is 4.59. The fourth-order valence-electron chi connectivity index (χ4n) is 5.99. The maximum atomic E-state index is 12.7. The van der Waals surface area contributed by atoms with Crippen molar-refractivity contribution in [2.75, 3.05) is 41.0 Å². The number of allylic oxidation sites excluding steroid dienone is 4. The summed E-state index contributed by atoms with van der Waals surface area (Å²) in [5, 5.41) is 11.6. The van der Waals surface area contributed by atoms with Crippen LogP contribution < -0.4 is 5.11 Å². The van der Waals surface area contributed by atoms with Crippen LogP contribution >= 0.6 is 0 Å². The van der Waals surface area contributed by atoms with E-state index in [1.54, 1.807) is 21.1 Å². The Hall–Kier alpha value is -2.19. The highest BCUT2D eigenvalue weighted by atomic mass is 16.6. The largest absolute Gasteiger partial charge is 0.544 e. The third kappa shape index (κ3) is 33.4. The number of hydrogen-bond donors (Lipinski definition) is 0. The van der Waals surface area contributed by atoms with Gasteiger partial charge in [-0.05, 0) is 57.8 Å². The molecule has 0 aliphatic rings. The lowest BCUT2D eigenvalue weighted by Gasteiger charge is -2.34. The molecular weight excluding hydrogens is 642 g/mol. The van der Waals surface area contributed by atoms with Gasteiger partial charge in [-0.3, -0.25) is 9.59 Å². The molecule has 0 bridgehead atoms. The highest BCUT2D eigenvalue weighted by Gasteiger charge is 2.25. The molecule has 2 unspecified atom stereocenters. The fourth-order valence-corrected chi connectivity index (χ4v) is 5.99. The average Bonchev–Trinajstić information content (AvgIpc) is 3.08. The van der Waals surface area contributed by atoms with Crippen LogP contribution in [-0.4, -0.2) is 75.5 Å². The van der Waals surface area contributed by atoms with E-state index in [0.29, 0.717) is 12.8 Å². The van der Waals surface area contributed by atoms with E-state index in [-0.39, 0.29) is 42.7 Å². The molecule has 0 fully saturated rings. The predicted molar refractivity (Wildman–Crippen MR) is 208 cm³/mol. The van der Waals surface area contributed by atoms with Crippen molar-refractivity contribution in [2.24, 2.45) is 0 Å². The maximum Gasteiger partial charge on any atom is 0.306 e. The van der Waals surface area contributed by atoms with Gasteiger partial charge in [-0.2, -0.15) is 0 Å². The maximum absolute atomic E-state index is 12.7. The number of carbonyl (C=O) groups excluding carboxylic acids is 3. The number of carboxylic acids is 1. The fraction of sp³-hybridized carbons (Fsp3) is 0.837. The van der Waals surface area contributed by atoms with Gasteiger partial charge in [0.15, 0.2) is 6.10 Å². The van der Waals surface area contributed by atoms with Crippen molar-refractivity contribution >= 4 is 17.9 Å². The standard InChI is InChI=1S/C43H79NO7/c1-6-8-10-12-14-16-18-19-20-21-22-23-24-26-28-30-32-34-42(46)51-39(37-49-36-35-40(43(47)48)44(3,4)5)38-50-41(45)33-31-29-27-25-17-15-13-11-9-7-2/h13,15,19-20,39-40H,6-12,14,16-18,21-38H2,1-5H3/b15-13+,20-19+. The molecule has 0 spiro atoms. The van der Waals surface area contributed by atoms with Crippen LogP contribution in [0.4, 0.5) is 0 Å². The summed E-state index contributed by atoms with van der Waals surface area (Å²) in [5.74, 6) is -1.76. The van der Waals surface area contributed by atoms with Gasteiger partial charge in [0.25, 0.3) is 0 Å². The normalized spacial score (nSPS) is 13.2. The minimum atomic E-state index is -1.13. The zero-order valence-electron chi connectivity index (χ0n) is 33.8. The highest BCUT2D eigenvalue weighted by molar-refractivity contribution is 5.70. The van der Waals surface area contributed by atoms with Crippen molar-refractivity contribution in [1.29, 1.82) is 0 Å². The van der Waals surface area contributed by atoms with Gasteiger partial charge in [0, 0.05) is 19.3 Å². The molecule has 51 heavy (non-hydrogen) atoms. The number of carbonyl (C=O) groups is 3. The number of likely N-dealkylation sites (N-methyl/N-ethyl adjacent to an activating group) is 1. The molecule has 0 aliphatic carbocycles. The molecule has 0 aliphatic heterocycles. The van der Waals surface area contributed by atoms with Crippen molar-refractivity contribution in [3.8, 4) is 0 Å². The van der Waals surface area contributed by atoms with Crippen LogP contribution in [0.25, 0.3) is 0 Å². The van der Waals surface area contributed by atoms with Crippen molar-refractivity contribution < 1.29 is 38.2 Å². The van der Waals surface area contributed by atoms with E-state index in [9.17, 15) is 19.5 Å². The van der Waals surface area contributed by atoms with Gasteiger partial charge in [0.2, 0.25) is 0 Å². The minimum Gasteiger partial charge on any atom is -0.544 e. The van der Waals surface area contributed by atoms with Crippen LogP contribution in [0.15, 0.2) is 24.3 Å². The second-order valence-corrected chi connectivity index (χ2v) is 15.2. The van der Waals surface area contributed by atoms with Crippen LogP contribution in [0.5, 0.6) is 0 Å². The first-order valence-corrected chi connectivity index (χ1v) is 20.9. The summed E-state index contributed by atoms with van der Waals surface area (Å²) < 4.78 is 17.1. The molecule has 8 heteroatoms. The first-order valence-electron chi connectivity index (χ1n) is 20.9. The van der Waals surface area contributed by atoms with E-state index in [1.807, 2.05) is 0 Å². The number of hydrogen-bond acceptors (Lipinski definition) is 7. The molecule has 298 valence electrons. The monoisotopic (exact) mass is 722 g/mol. The molecule has 0 aromatic rings. The minimum absolute atomic E-state index is 0.0376. The van der Waals surface area contributed by atoms with Crippen molar-refractivity contribution in [1.82, 2.24) is 0 Å². The average molecular weight is 722 g/mol. The molecule has 2 atom stereocenters. The quantitative estimate of drug-likeness (QED) is 0.0273. The number of carboxylic acid groups (broad SMARTS) is 1. The summed E-state index contributed by atoms with van der Waals surface area (Å²) in [4.78, 5) is 36.7. The third-order valence-electron chi connectivity index (χ3n) is 9.31. The molecule has 0 amide bonds. The highest BCUT2D eigenvalue weighted by Crippen LogP contribution is 2.13. The Morgan fingerprint density at radius 1 is 0.569 bits per heavy atom. The Kier molecular flexibility index (Phi) is 33.4. The van der Waals surface area contributed by atoms with E-state index >= 15 is 0 Å². The van der Waals surface area contributed by atoms with Crippen molar-refractivity contribution in [3.05, 3.63) is 24.3 Å². The van der Waals surface area contributed by atoms with E-state index in [1.165, 1.54) is 89.9 Å². The summed E-state index contributed by atoms with van der Waals surface area (Å²) in [6, 6.07) is -0.725. The lowest BCUT2D eigenvalue weighted by atomic mass is 10.1. The Bertz CT molecular complexity index is 895. The number of ether oxygens (including phenoxy) is 3. The molecule has 0 saturated heterocycles. The van der Waals surface area contributed by atoms with E-state index < -0.39 is 18.1 Å². The summed E-state index contributed by atoms with van der Waals surface area (Å²) in [5.41, 5.74) is 0. The summed E-state index contributed by atoms with van der Waals surface area (Å²) in [6.07, 6.45) is 36.3. The summed E-state index contributed by atoms with van der Waals surface area (Å²) >= 11 is 0. The molecule has 8 nitrogen and oxygen atoms in total. The third-order valence-corrected chi connectivity index (χ3v) is 9.31. The first kappa shape index (κ1) is 48.8. The second-order valence-electron chi connectivity index (χ2n) is 15.2. The number of esters is 2. The van der Waals surface area contributed by atoms with Gasteiger partial charge in [-0.1, -0.05) is 128 Å². The topological polar surface area (TPSA) is 102 Å². The molecular formula is C43H79NO7. The Labute approximate surface area is 313 Å². The lowest BCUT2D eigenvalue weighted by molar-refractivity contribution is -0.889.